The number of ether oxygens (including phenoxy) is 2. The maximum absolute atomic E-state index is 12.6. The molecule has 1 aromatic rings. The predicted octanol–water partition coefficient (Wildman–Crippen LogP) is 1.88. The molecule has 0 bridgehead atoms. The summed E-state index contributed by atoms with van der Waals surface area (Å²) >= 11 is 1.55. The van der Waals surface area contributed by atoms with Gasteiger partial charge in [-0.2, -0.15) is 0 Å². The van der Waals surface area contributed by atoms with Crippen molar-refractivity contribution in [1.29, 1.82) is 0 Å². The highest BCUT2D eigenvalue weighted by Crippen LogP contribution is 2.42. The van der Waals surface area contributed by atoms with Crippen LogP contribution >= 0.6 is 11.8 Å². The molecule has 134 valence electrons. The van der Waals surface area contributed by atoms with Crippen molar-refractivity contribution in [3.63, 3.8) is 0 Å². The van der Waals surface area contributed by atoms with Crippen molar-refractivity contribution >= 4 is 23.6 Å². The van der Waals surface area contributed by atoms with Crippen LogP contribution in [0.2, 0.25) is 0 Å². The van der Waals surface area contributed by atoms with Gasteiger partial charge in [0.15, 0.2) is 11.5 Å². The van der Waals surface area contributed by atoms with Gasteiger partial charge in [-0.25, -0.2) is 0 Å². The largest absolute Gasteiger partial charge is 0.486 e. The Hall–Kier alpha value is -1.89. The second kappa shape index (κ2) is 6.78. The fourth-order valence-corrected chi connectivity index (χ4v) is 4.73. The van der Waals surface area contributed by atoms with Gasteiger partial charge in [0.05, 0.1) is 17.2 Å². The number of benzene rings is 1. The van der Waals surface area contributed by atoms with E-state index in [-0.39, 0.29) is 23.9 Å². The summed E-state index contributed by atoms with van der Waals surface area (Å²) in [6, 6.07) is 5.95. The third-order valence-electron chi connectivity index (χ3n) is 5.09. The van der Waals surface area contributed by atoms with E-state index in [4.69, 9.17) is 9.47 Å². The third-order valence-corrected chi connectivity index (χ3v) is 6.04. The molecule has 7 heteroatoms. The smallest absolute Gasteiger partial charge is 0.240 e. The van der Waals surface area contributed by atoms with E-state index in [1.54, 1.807) is 16.7 Å². The molecule has 2 aliphatic heterocycles. The Morgan fingerprint density at radius 1 is 1.20 bits per heavy atom. The normalized spacial score (nSPS) is 21.4. The molecule has 0 atom stereocenters. The van der Waals surface area contributed by atoms with Crippen LogP contribution in [0.3, 0.4) is 0 Å². The van der Waals surface area contributed by atoms with Gasteiger partial charge in [-0.05, 0) is 30.5 Å². The summed E-state index contributed by atoms with van der Waals surface area (Å²) in [7, 11) is 0. The molecule has 2 heterocycles. The van der Waals surface area contributed by atoms with Gasteiger partial charge in [-0.1, -0.05) is 18.9 Å². The van der Waals surface area contributed by atoms with Crippen LogP contribution in [0.4, 0.5) is 0 Å². The Morgan fingerprint density at radius 2 is 1.96 bits per heavy atom. The molecule has 1 aromatic carbocycles. The first kappa shape index (κ1) is 16.6. The average Bonchev–Trinajstić information content (AvgIpc) is 3.25. The highest BCUT2D eigenvalue weighted by molar-refractivity contribution is 8.00. The predicted molar refractivity (Wildman–Crippen MR) is 94.8 cm³/mol. The molecule has 25 heavy (non-hydrogen) atoms. The molecule has 2 amide bonds. The molecular formula is C18H22N2O4S. The number of carbonyl (C=O) groups is 2. The number of hydrogen-bond acceptors (Lipinski definition) is 5. The van der Waals surface area contributed by atoms with Crippen LogP contribution < -0.4 is 14.8 Å². The Labute approximate surface area is 151 Å². The van der Waals surface area contributed by atoms with Gasteiger partial charge < -0.3 is 19.7 Å². The second-order valence-corrected chi connectivity index (χ2v) is 7.72. The van der Waals surface area contributed by atoms with Crippen molar-refractivity contribution in [3.05, 3.63) is 23.8 Å². The first-order valence-electron chi connectivity index (χ1n) is 8.73. The summed E-state index contributed by atoms with van der Waals surface area (Å²) < 4.78 is 11.3. The van der Waals surface area contributed by atoms with Gasteiger partial charge in [0.2, 0.25) is 11.8 Å². The lowest BCUT2D eigenvalue weighted by Gasteiger charge is -2.33. The van der Waals surface area contributed by atoms with Crippen molar-refractivity contribution < 1.29 is 19.1 Å². The van der Waals surface area contributed by atoms with E-state index in [1.807, 2.05) is 18.2 Å². The van der Waals surface area contributed by atoms with E-state index in [0.29, 0.717) is 24.8 Å². The van der Waals surface area contributed by atoms with E-state index >= 15 is 0 Å². The maximum atomic E-state index is 12.6. The average molecular weight is 362 g/mol. The molecule has 6 nitrogen and oxygen atoms in total. The molecule has 3 aliphatic rings. The van der Waals surface area contributed by atoms with E-state index in [1.165, 1.54) is 0 Å². The van der Waals surface area contributed by atoms with Crippen molar-refractivity contribution in [3.8, 4) is 11.5 Å². The number of nitrogens with zero attached hydrogens (tertiary/aromatic N) is 1. The Bertz CT molecular complexity index is 688. The molecular weight excluding hydrogens is 340 g/mol. The molecule has 1 aliphatic carbocycles. The molecule has 0 unspecified atom stereocenters. The Kier molecular flexibility index (Phi) is 4.50. The molecule has 0 spiro atoms. The number of amides is 2. The minimum absolute atomic E-state index is 0.0416. The summed E-state index contributed by atoms with van der Waals surface area (Å²) in [5.41, 5.74) is 0.688. The van der Waals surface area contributed by atoms with Crippen LogP contribution in [0.1, 0.15) is 31.2 Å². The number of rotatable bonds is 4. The minimum atomic E-state index is -0.372. The fraction of sp³-hybridized carbons (Fsp3) is 0.556. The number of fused-ring (bicyclic) bond motifs is 1. The van der Waals surface area contributed by atoms with E-state index in [9.17, 15) is 9.59 Å². The van der Waals surface area contributed by atoms with Crippen molar-refractivity contribution in [1.82, 2.24) is 10.2 Å². The summed E-state index contributed by atoms with van der Waals surface area (Å²) in [5, 5.41) is 3.22. The van der Waals surface area contributed by atoms with Crippen molar-refractivity contribution in [2.45, 2.75) is 31.2 Å². The Balaban J connectivity index is 1.53. The van der Waals surface area contributed by atoms with Gasteiger partial charge in [0, 0.05) is 0 Å². The van der Waals surface area contributed by atoms with Gasteiger partial charge in [0.25, 0.3) is 0 Å². The molecule has 1 N–H and O–H groups in total. The molecule has 1 saturated carbocycles. The minimum Gasteiger partial charge on any atom is -0.486 e. The molecule has 4 rings (SSSR count). The number of hydrogen-bond donors (Lipinski definition) is 1. The third kappa shape index (κ3) is 3.29. The first-order chi connectivity index (χ1) is 12.2. The van der Waals surface area contributed by atoms with E-state index < -0.39 is 0 Å². The fourth-order valence-electron chi connectivity index (χ4n) is 3.83. The monoisotopic (exact) mass is 362 g/mol. The van der Waals surface area contributed by atoms with Crippen LogP contribution in [0.5, 0.6) is 11.5 Å². The second-order valence-electron chi connectivity index (χ2n) is 6.77. The highest BCUT2D eigenvalue weighted by Gasteiger charge is 2.38. The quantitative estimate of drug-likeness (QED) is 0.886. The number of thioether (sulfide) groups is 1. The van der Waals surface area contributed by atoms with Crippen LogP contribution in [-0.2, 0) is 15.1 Å². The van der Waals surface area contributed by atoms with Gasteiger partial charge >= 0.3 is 0 Å². The van der Waals surface area contributed by atoms with E-state index in [0.717, 1.165) is 42.7 Å². The van der Waals surface area contributed by atoms with Crippen molar-refractivity contribution in [2.24, 2.45) is 0 Å². The summed E-state index contributed by atoms with van der Waals surface area (Å²) in [6.07, 6.45) is 3.96. The zero-order valence-electron chi connectivity index (χ0n) is 14.1. The van der Waals surface area contributed by atoms with Crippen molar-refractivity contribution in [2.75, 3.05) is 31.4 Å². The number of carbonyl (C=O) groups excluding carboxylic acids is 2. The molecule has 0 radical (unpaired) electrons. The maximum Gasteiger partial charge on any atom is 0.240 e. The van der Waals surface area contributed by atoms with Gasteiger partial charge in [-0.3, -0.25) is 9.59 Å². The molecule has 0 aromatic heterocycles. The van der Waals surface area contributed by atoms with Crippen LogP contribution in [0.15, 0.2) is 18.2 Å². The van der Waals surface area contributed by atoms with Crippen LogP contribution in [0, 0.1) is 0 Å². The zero-order valence-corrected chi connectivity index (χ0v) is 14.9. The first-order valence-corrected chi connectivity index (χ1v) is 9.88. The topological polar surface area (TPSA) is 67.9 Å². The van der Waals surface area contributed by atoms with Gasteiger partial charge in [-0.15, -0.1) is 11.8 Å². The highest BCUT2D eigenvalue weighted by atomic mass is 32.2. The Morgan fingerprint density at radius 3 is 2.68 bits per heavy atom. The molecule has 1 saturated heterocycles. The van der Waals surface area contributed by atoms with E-state index in [2.05, 4.69) is 5.32 Å². The standard InChI is InChI=1S/C18H22N2O4S/c21-16(10-20-12-25-11-17(20)22)19-18(5-1-2-6-18)13-3-4-14-15(9-13)24-8-7-23-14/h3-4,9H,1-2,5-8,10-12H2,(H,19,21). The van der Waals surface area contributed by atoms with Crippen LogP contribution in [-0.4, -0.2) is 48.1 Å². The van der Waals surface area contributed by atoms with Gasteiger partial charge in [0.1, 0.15) is 19.8 Å². The summed E-state index contributed by atoms with van der Waals surface area (Å²) in [6.45, 7) is 1.25. The SMILES string of the molecule is O=C(CN1CSCC1=O)NC1(c2ccc3c(c2)OCCO3)CCCC1. The summed E-state index contributed by atoms with van der Waals surface area (Å²) in [5.74, 6) is 2.53. The lowest BCUT2D eigenvalue weighted by atomic mass is 9.87. The van der Waals surface area contributed by atoms with Crippen LogP contribution in [0.25, 0.3) is 0 Å². The molecule has 2 fully saturated rings. The number of nitrogens with one attached hydrogen (secondary N) is 1. The lowest BCUT2D eigenvalue weighted by molar-refractivity contribution is -0.133. The lowest BCUT2D eigenvalue weighted by Crippen LogP contribution is -2.48. The zero-order chi connectivity index (χ0) is 17.3. The summed E-state index contributed by atoms with van der Waals surface area (Å²) in [4.78, 5) is 26.0.